The Bertz CT molecular complexity index is 1360. The molecule has 3 aliphatic carbocycles. The van der Waals surface area contributed by atoms with Crippen LogP contribution in [0.1, 0.15) is 46.4 Å². The van der Waals surface area contributed by atoms with Gasteiger partial charge in [-0.15, -0.1) is 10.2 Å². The van der Waals surface area contributed by atoms with Gasteiger partial charge in [0.1, 0.15) is 0 Å². The number of benzene rings is 2. The van der Waals surface area contributed by atoms with Gasteiger partial charge >= 0.3 is 0 Å². The molecule has 0 fully saturated rings. The molecule has 0 aliphatic heterocycles. The minimum atomic E-state index is 0.0393. The third-order valence-electron chi connectivity index (χ3n) is 7.00. The summed E-state index contributed by atoms with van der Waals surface area (Å²) in [5.74, 6) is 0.181. The Morgan fingerprint density at radius 1 is 0.471 bits per heavy atom. The van der Waals surface area contributed by atoms with E-state index >= 15 is 0 Å². The van der Waals surface area contributed by atoms with E-state index in [0.717, 1.165) is 34.2 Å². The average molecular weight is 443 g/mol. The molecule has 0 spiro atoms. The molecule has 2 aromatic carbocycles. The maximum Gasteiger partial charge on any atom is 0.0948 e. The highest BCUT2D eigenvalue weighted by molar-refractivity contribution is 5.50. The maximum absolute atomic E-state index is 4.79. The minimum absolute atomic E-state index is 0.0393. The van der Waals surface area contributed by atoms with Gasteiger partial charge in [-0.3, -0.25) is 0 Å². The SMILES string of the molecule is C1=C[C@@H]2c3c(nnn3-c3ccccc3)[C@@H]3C=CC=C[C@@H]3c3c(nnn3-c3ccccc3)[C@@H]2C=C1. The van der Waals surface area contributed by atoms with Crippen molar-refractivity contribution < 1.29 is 0 Å². The van der Waals surface area contributed by atoms with Gasteiger partial charge in [-0.05, 0) is 24.3 Å². The zero-order chi connectivity index (χ0) is 22.5. The molecule has 0 radical (unpaired) electrons. The molecule has 2 aromatic heterocycles. The van der Waals surface area contributed by atoms with Crippen LogP contribution in [0.3, 0.4) is 0 Å². The van der Waals surface area contributed by atoms with Gasteiger partial charge in [-0.1, -0.05) is 95.4 Å². The summed E-state index contributed by atoms with van der Waals surface area (Å²) >= 11 is 0. The largest absolute Gasteiger partial charge is 0.217 e. The third-order valence-corrected chi connectivity index (χ3v) is 7.00. The molecule has 0 saturated carbocycles. The summed E-state index contributed by atoms with van der Waals surface area (Å²) in [6, 6.07) is 20.5. The lowest BCUT2D eigenvalue weighted by Crippen LogP contribution is -2.25. The average Bonchev–Trinajstić information content (AvgIpc) is 3.54. The van der Waals surface area contributed by atoms with Gasteiger partial charge in [0.15, 0.2) is 0 Å². The van der Waals surface area contributed by atoms with Crippen molar-refractivity contribution in [1.82, 2.24) is 30.0 Å². The minimum Gasteiger partial charge on any atom is -0.217 e. The molecule has 3 aliphatic rings. The van der Waals surface area contributed by atoms with E-state index in [9.17, 15) is 0 Å². The lowest BCUT2D eigenvalue weighted by Gasteiger charge is -2.33. The summed E-state index contributed by atoms with van der Waals surface area (Å²) in [6.45, 7) is 0. The topological polar surface area (TPSA) is 61.4 Å². The molecule has 0 saturated heterocycles. The van der Waals surface area contributed by atoms with Crippen LogP contribution < -0.4 is 0 Å². The van der Waals surface area contributed by atoms with E-state index in [1.165, 1.54) is 0 Å². The van der Waals surface area contributed by atoms with Crippen molar-refractivity contribution in [2.45, 2.75) is 23.7 Å². The number of fused-ring (bicyclic) bond motifs is 8. The Hall–Kier alpha value is -4.32. The summed E-state index contributed by atoms with van der Waals surface area (Å²) in [5, 5.41) is 18.9. The van der Waals surface area contributed by atoms with E-state index < -0.39 is 0 Å². The van der Waals surface area contributed by atoms with E-state index in [-0.39, 0.29) is 23.7 Å². The number of allylic oxidation sites excluding steroid dienone is 8. The Morgan fingerprint density at radius 2 is 0.853 bits per heavy atom. The van der Waals surface area contributed by atoms with Gasteiger partial charge < -0.3 is 0 Å². The molecule has 0 N–H and O–H groups in total. The van der Waals surface area contributed by atoms with Crippen molar-refractivity contribution in [1.29, 1.82) is 0 Å². The fraction of sp³-hybridized carbons (Fsp3) is 0.143. The smallest absolute Gasteiger partial charge is 0.0948 e. The van der Waals surface area contributed by atoms with Gasteiger partial charge in [0, 0.05) is 23.7 Å². The van der Waals surface area contributed by atoms with Crippen molar-refractivity contribution in [3.05, 3.63) is 132 Å². The molecule has 4 aromatic rings. The van der Waals surface area contributed by atoms with Crippen LogP contribution in [0, 0.1) is 0 Å². The lowest BCUT2D eigenvalue weighted by molar-refractivity contribution is 0.589. The van der Waals surface area contributed by atoms with Gasteiger partial charge in [-0.2, -0.15) is 0 Å². The normalized spacial score (nSPS) is 24.0. The molecule has 4 atom stereocenters. The number of nitrogens with zero attached hydrogens (tertiary/aromatic N) is 6. The Balaban J connectivity index is 1.50. The van der Waals surface area contributed by atoms with Crippen molar-refractivity contribution >= 4 is 0 Å². The second-order valence-electron chi connectivity index (χ2n) is 8.86. The Labute approximate surface area is 197 Å². The van der Waals surface area contributed by atoms with Crippen LogP contribution in [0.2, 0.25) is 0 Å². The molecule has 0 amide bonds. The lowest BCUT2D eigenvalue weighted by atomic mass is 9.72. The van der Waals surface area contributed by atoms with Crippen molar-refractivity contribution in [2.24, 2.45) is 0 Å². The number of aromatic nitrogens is 6. The van der Waals surface area contributed by atoms with Gasteiger partial charge in [0.25, 0.3) is 0 Å². The van der Waals surface area contributed by atoms with Crippen LogP contribution in [-0.4, -0.2) is 30.0 Å². The standard InChI is InChI=1S/C28H22N6/c1-3-11-19(12-4-1)33-27-23-17-9-7-15-21(23)26-28(34(32-30-26)20-13-5-2-6-14-20)24-18-10-8-16-22(24)25(27)29-31-33/h1-18,21-24H/t21-,22-,23+,24+/m1/s1. The first kappa shape index (κ1) is 19.2. The van der Waals surface area contributed by atoms with Crippen molar-refractivity contribution in [3.8, 4) is 11.4 Å². The predicted molar refractivity (Wildman–Crippen MR) is 130 cm³/mol. The van der Waals surface area contributed by atoms with E-state index in [1.54, 1.807) is 0 Å². The third kappa shape index (κ3) is 2.81. The first-order valence-corrected chi connectivity index (χ1v) is 11.6. The molecule has 7 rings (SSSR count). The molecular weight excluding hydrogens is 420 g/mol. The highest BCUT2D eigenvalue weighted by atomic mass is 15.5. The van der Waals surface area contributed by atoms with Crippen LogP contribution in [0.5, 0.6) is 0 Å². The number of hydrogen-bond donors (Lipinski definition) is 0. The van der Waals surface area contributed by atoms with Crippen LogP contribution in [0.15, 0.2) is 109 Å². The molecule has 6 heteroatoms. The van der Waals surface area contributed by atoms with E-state index in [4.69, 9.17) is 10.2 Å². The van der Waals surface area contributed by atoms with E-state index in [0.29, 0.717) is 0 Å². The molecule has 164 valence electrons. The highest BCUT2D eigenvalue weighted by Gasteiger charge is 2.42. The molecular formula is C28H22N6. The summed E-state index contributed by atoms with van der Waals surface area (Å²) in [6.07, 6.45) is 17.4. The van der Waals surface area contributed by atoms with Gasteiger partial charge in [-0.25, -0.2) is 9.36 Å². The molecule has 2 heterocycles. The Morgan fingerprint density at radius 3 is 1.26 bits per heavy atom. The van der Waals surface area contributed by atoms with Crippen LogP contribution >= 0.6 is 0 Å². The molecule has 0 unspecified atom stereocenters. The summed E-state index contributed by atoms with van der Waals surface area (Å²) < 4.78 is 4.01. The molecule has 6 nitrogen and oxygen atoms in total. The molecule has 34 heavy (non-hydrogen) atoms. The van der Waals surface area contributed by atoms with Crippen LogP contribution in [-0.2, 0) is 0 Å². The summed E-state index contributed by atoms with van der Waals surface area (Å²) in [5.41, 5.74) is 6.28. The van der Waals surface area contributed by atoms with Crippen LogP contribution in [0.25, 0.3) is 11.4 Å². The quantitative estimate of drug-likeness (QED) is 0.431. The zero-order valence-electron chi connectivity index (χ0n) is 18.4. The highest BCUT2D eigenvalue weighted by Crippen LogP contribution is 2.50. The molecule has 0 bridgehead atoms. The fourth-order valence-electron chi connectivity index (χ4n) is 5.48. The van der Waals surface area contributed by atoms with E-state index in [1.807, 2.05) is 45.8 Å². The first-order valence-electron chi connectivity index (χ1n) is 11.6. The van der Waals surface area contributed by atoms with E-state index in [2.05, 4.69) is 83.3 Å². The summed E-state index contributed by atoms with van der Waals surface area (Å²) in [4.78, 5) is 0. The Kier molecular flexibility index (Phi) is 4.30. The van der Waals surface area contributed by atoms with Crippen molar-refractivity contribution in [2.75, 3.05) is 0 Å². The number of rotatable bonds is 2. The zero-order valence-corrected chi connectivity index (χ0v) is 18.4. The second kappa shape index (κ2) is 7.63. The van der Waals surface area contributed by atoms with Gasteiger partial charge in [0.05, 0.1) is 34.2 Å². The van der Waals surface area contributed by atoms with Crippen LogP contribution in [0.4, 0.5) is 0 Å². The number of hydrogen-bond acceptors (Lipinski definition) is 4. The van der Waals surface area contributed by atoms with Gasteiger partial charge in [0.2, 0.25) is 0 Å². The fourth-order valence-corrected chi connectivity index (χ4v) is 5.48. The number of para-hydroxylation sites is 2. The monoisotopic (exact) mass is 442 g/mol. The maximum atomic E-state index is 4.79. The second-order valence-corrected chi connectivity index (χ2v) is 8.86. The summed E-state index contributed by atoms with van der Waals surface area (Å²) in [7, 11) is 0. The predicted octanol–water partition coefficient (Wildman–Crippen LogP) is 5.15. The van der Waals surface area contributed by atoms with Crippen molar-refractivity contribution in [3.63, 3.8) is 0 Å². The first-order chi connectivity index (χ1) is 16.9.